The van der Waals surface area contributed by atoms with Crippen molar-refractivity contribution in [3.8, 4) is 5.75 Å². The molecule has 1 saturated heterocycles. The van der Waals surface area contributed by atoms with Crippen molar-refractivity contribution in [2.24, 2.45) is 5.92 Å². The number of rotatable bonds is 4. The normalized spacial score (nSPS) is 19.2. The Hall–Kier alpha value is -1.22. The second-order valence-electron chi connectivity index (χ2n) is 5.61. The second kappa shape index (κ2) is 6.98. The van der Waals surface area contributed by atoms with Gasteiger partial charge in [-0.1, -0.05) is 6.07 Å². The molecule has 110 valence electrons. The van der Waals surface area contributed by atoms with Crippen molar-refractivity contribution in [1.82, 2.24) is 4.90 Å². The summed E-state index contributed by atoms with van der Waals surface area (Å²) in [7, 11) is 0. The summed E-state index contributed by atoms with van der Waals surface area (Å²) in [6, 6.07) is 7.43. The van der Waals surface area contributed by atoms with Crippen LogP contribution in [0, 0.1) is 5.92 Å². The fraction of sp³-hybridized carbons (Fsp3) is 0.562. The Kier molecular flexibility index (Phi) is 5.30. The van der Waals surface area contributed by atoms with Crippen molar-refractivity contribution in [2.45, 2.75) is 32.8 Å². The Balaban J connectivity index is 2.08. The van der Waals surface area contributed by atoms with E-state index >= 15 is 0 Å². The average molecular weight is 296 g/mol. The number of halogens is 1. The van der Waals surface area contributed by atoms with Gasteiger partial charge in [0.05, 0.1) is 6.10 Å². The molecule has 1 aromatic rings. The summed E-state index contributed by atoms with van der Waals surface area (Å²) in [4.78, 5) is 14.4. The topological polar surface area (TPSA) is 29.5 Å². The molecule has 1 aliphatic rings. The highest BCUT2D eigenvalue weighted by molar-refractivity contribution is 6.18. The van der Waals surface area contributed by atoms with E-state index in [4.69, 9.17) is 16.3 Å². The number of nitrogens with zero attached hydrogens (tertiary/aromatic N) is 1. The predicted octanol–water partition coefficient (Wildman–Crippen LogP) is 3.56. The third kappa shape index (κ3) is 3.89. The molecule has 2 rings (SSSR count). The number of hydrogen-bond donors (Lipinski definition) is 0. The maximum Gasteiger partial charge on any atom is 0.253 e. The molecule has 4 heteroatoms. The van der Waals surface area contributed by atoms with Crippen LogP contribution >= 0.6 is 11.6 Å². The SMILES string of the molecule is CC(C)Oc1cccc(C(=O)N2CCCC(CCl)C2)c1. The Morgan fingerprint density at radius 2 is 2.30 bits per heavy atom. The van der Waals surface area contributed by atoms with Gasteiger partial charge in [-0.3, -0.25) is 4.79 Å². The number of piperidine rings is 1. The van der Waals surface area contributed by atoms with Crippen molar-refractivity contribution in [1.29, 1.82) is 0 Å². The zero-order chi connectivity index (χ0) is 14.5. The molecule has 0 N–H and O–H groups in total. The molecule has 0 radical (unpaired) electrons. The lowest BCUT2D eigenvalue weighted by atomic mass is 9.99. The monoisotopic (exact) mass is 295 g/mol. The lowest BCUT2D eigenvalue weighted by Gasteiger charge is -2.32. The van der Waals surface area contributed by atoms with Crippen LogP contribution in [0.25, 0.3) is 0 Å². The molecule has 0 aromatic heterocycles. The molecule has 20 heavy (non-hydrogen) atoms. The van der Waals surface area contributed by atoms with E-state index in [1.807, 2.05) is 43.0 Å². The first-order valence-corrected chi connectivity index (χ1v) is 7.75. The van der Waals surface area contributed by atoms with Gasteiger partial charge in [-0.2, -0.15) is 0 Å². The van der Waals surface area contributed by atoms with Gasteiger partial charge in [0, 0.05) is 24.5 Å². The lowest BCUT2D eigenvalue weighted by Crippen LogP contribution is -2.40. The molecule has 1 aromatic carbocycles. The van der Waals surface area contributed by atoms with Crippen LogP contribution in [0.2, 0.25) is 0 Å². The summed E-state index contributed by atoms with van der Waals surface area (Å²) < 4.78 is 5.64. The quantitative estimate of drug-likeness (QED) is 0.795. The Morgan fingerprint density at radius 3 is 3.00 bits per heavy atom. The van der Waals surface area contributed by atoms with E-state index in [-0.39, 0.29) is 12.0 Å². The van der Waals surface area contributed by atoms with E-state index < -0.39 is 0 Å². The zero-order valence-corrected chi connectivity index (χ0v) is 12.9. The van der Waals surface area contributed by atoms with Gasteiger partial charge in [-0.25, -0.2) is 0 Å². The summed E-state index contributed by atoms with van der Waals surface area (Å²) in [5, 5.41) is 0. The maximum atomic E-state index is 12.5. The van der Waals surface area contributed by atoms with Gasteiger partial charge in [0.2, 0.25) is 0 Å². The van der Waals surface area contributed by atoms with E-state index in [9.17, 15) is 4.79 Å². The van der Waals surface area contributed by atoms with Crippen molar-refractivity contribution in [3.05, 3.63) is 29.8 Å². The van der Waals surface area contributed by atoms with Crippen LogP contribution in [-0.4, -0.2) is 35.9 Å². The number of likely N-dealkylation sites (tertiary alicyclic amines) is 1. The van der Waals surface area contributed by atoms with Crippen LogP contribution in [-0.2, 0) is 0 Å². The molecule has 1 atom stereocenters. The molecular formula is C16H22ClNO2. The first-order chi connectivity index (χ1) is 9.60. The van der Waals surface area contributed by atoms with Gasteiger partial charge in [-0.15, -0.1) is 11.6 Å². The number of benzene rings is 1. The van der Waals surface area contributed by atoms with Gasteiger partial charge in [0.15, 0.2) is 0 Å². The predicted molar refractivity (Wildman–Crippen MR) is 81.6 cm³/mol. The number of carbonyl (C=O) groups is 1. The Labute approximate surface area is 125 Å². The third-order valence-corrected chi connectivity index (χ3v) is 3.91. The van der Waals surface area contributed by atoms with Crippen LogP contribution in [0.3, 0.4) is 0 Å². The largest absolute Gasteiger partial charge is 0.491 e. The minimum atomic E-state index is 0.0778. The minimum absolute atomic E-state index is 0.0778. The molecule has 1 aliphatic heterocycles. The molecule has 0 bridgehead atoms. The summed E-state index contributed by atoms with van der Waals surface area (Å²) in [5.41, 5.74) is 0.693. The average Bonchev–Trinajstić information content (AvgIpc) is 2.46. The standard InChI is InChI=1S/C16H22ClNO2/c1-12(2)20-15-7-3-6-14(9-15)16(19)18-8-4-5-13(10-17)11-18/h3,6-7,9,12-13H,4-5,8,10-11H2,1-2H3. The van der Waals surface area contributed by atoms with Crippen LogP contribution in [0.1, 0.15) is 37.0 Å². The molecule has 1 amide bonds. The third-order valence-electron chi connectivity index (χ3n) is 3.48. The highest BCUT2D eigenvalue weighted by Gasteiger charge is 2.24. The van der Waals surface area contributed by atoms with Gasteiger partial charge in [0.25, 0.3) is 5.91 Å². The second-order valence-corrected chi connectivity index (χ2v) is 5.92. The minimum Gasteiger partial charge on any atom is -0.491 e. The van der Waals surface area contributed by atoms with Crippen molar-refractivity contribution >= 4 is 17.5 Å². The molecule has 0 spiro atoms. The highest BCUT2D eigenvalue weighted by atomic mass is 35.5. The highest BCUT2D eigenvalue weighted by Crippen LogP contribution is 2.21. The van der Waals surface area contributed by atoms with Gasteiger partial charge >= 0.3 is 0 Å². The first-order valence-electron chi connectivity index (χ1n) is 7.22. The van der Waals surface area contributed by atoms with Gasteiger partial charge in [-0.05, 0) is 50.8 Å². The van der Waals surface area contributed by atoms with Crippen molar-refractivity contribution < 1.29 is 9.53 Å². The van der Waals surface area contributed by atoms with Crippen LogP contribution in [0.5, 0.6) is 5.75 Å². The van der Waals surface area contributed by atoms with Crippen molar-refractivity contribution in [2.75, 3.05) is 19.0 Å². The molecule has 1 fully saturated rings. The van der Waals surface area contributed by atoms with Crippen LogP contribution < -0.4 is 4.74 Å². The van der Waals surface area contributed by atoms with Crippen LogP contribution in [0.15, 0.2) is 24.3 Å². The number of alkyl halides is 1. The smallest absolute Gasteiger partial charge is 0.253 e. The lowest BCUT2D eigenvalue weighted by molar-refractivity contribution is 0.0684. The summed E-state index contributed by atoms with van der Waals surface area (Å²) in [6.45, 7) is 5.54. The van der Waals surface area contributed by atoms with Crippen LogP contribution in [0.4, 0.5) is 0 Å². The fourth-order valence-electron chi connectivity index (χ4n) is 2.53. The number of carbonyl (C=O) groups excluding carboxylic acids is 1. The Morgan fingerprint density at radius 1 is 1.50 bits per heavy atom. The number of hydrogen-bond acceptors (Lipinski definition) is 2. The van der Waals surface area contributed by atoms with E-state index in [0.29, 0.717) is 17.4 Å². The fourth-order valence-corrected chi connectivity index (χ4v) is 2.78. The molecule has 0 aliphatic carbocycles. The first kappa shape index (κ1) is 15.2. The summed E-state index contributed by atoms with van der Waals surface area (Å²) >= 11 is 5.92. The maximum absolute atomic E-state index is 12.5. The van der Waals surface area contributed by atoms with Gasteiger partial charge < -0.3 is 9.64 Å². The van der Waals surface area contributed by atoms with E-state index in [2.05, 4.69) is 0 Å². The van der Waals surface area contributed by atoms with E-state index in [1.165, 1.54) is 0 Å². The molecule has 3 nitrogen and oxygen atoms in total. The Bertz CT molecular complexity index is 462. The number of amides is 1. The summed E-state index contributed by atoms with van der Waals surface area (Å²) in [6.07, 6.45) is 2.26. The molecule has 1 heterocycles. The van der Waals surface area contributed by atoms with Crippen molar-refractivity contribution in [3.63, 3.8) is 0 Å². The molecular weight excluding hydrogens is 274 g/mol. The molecule has 0 saturated carbocycles. The zero-order valence-electron chi connectivity index (χ0n) is 12.1. The molecule has 1 unspecified atom stereocenters. The van der Waals surface area contributed by atoms with E-state index in [0.717, 1.165) is 31.7 Å². The van der Waals surface area contributed by atoms with E-state index in [1.54, 1.807) is 0 Å². The van der Waals surface area contributed by atoms with Gasteiger partial charge in [0.1, 0.15) is 5.75 Å². The number of ether oxygens (including phenoxy) is 1. The summed E-state index contributed by atoms with van der Waals surface area (Å²) in [5.74, 6) is 1.87.